The number of aliphatic hydroxyl groups excluding tert-OH is 1. The summed E-state index contributed by atoms with van der Waals surface area (Å²) in [5.41, 5.74) is 0.567. The molecule has 0 spiro atoms. The summed E-state index contributed by atoms with van der Waals surface area (Å²) < 4.78 is 12.6. The largest absolute Gasteiger partial charge is 0.481 e. The van der Waals surface area contributed by atoms with Crippen LogP contribution in [0.15, 0.2) is 24.3 Å². The van der Waals surface area contributed by atoms with E-state index in [-0.39, 0.29) is 12.4 Å². The summed E-state index contributed by atoms with van der Waals surface area (Å²) in [5, 5.41) is 17.6. The predicted octanol–water partition coefficient (Wildman–Crippen LogP) is 1.77. The van der Waals surface area contributed by atoms with Crippen molar-refractivity contribution >= 4 is 5.97 Å². The van der Waals surface area contributed by atoms with E-state index >= 15 is 0 Å². The molecule has 1 aromatic carbocycles. The van der Waals surface area contributed by atoms with E-state index in [0.29, 0.717) is 18.4 Å². The zero-order chi connectivity index (χ0) is 11.3. The van der Waals surface area contributed by atoms with E-state index in [1.54, 1.807) is 0 Å². The van der Waals surface area contributed by atoms with Crippen LogP contribution in [-0.4, -0.2) is 22.8 Å². The van der Waals surface area contributed by atoms with Gasteiger partial charge in [-0.2, -0.15) is 0 Å². The maximum Gasteiger partial charge on any atom is 0.310 e. The zero-order valence-corrected chi connectivity index (χ0v) is 8.19. The standard InChI is InChI=1S/C11H13FO3/c12-9-5-3-8(4-6-9)10(11(14)15)2-1-7-13/h3-6,10,13H,1-2,7H2,(H,14,15). The number of aliphatic carboxylic acids is 1. The van der Waals surface area contributed by atoms with Crippen molar-refractivity contribution in [3.63, 3.8) is 0 Å². The third-order valence-electron chi connectivity index (χ3n) is 2.22. The fourth-order valence-electron chi connectivity index (χ4n) is 1.42. The lowest BCUT2D eigenvalue weighted by atomic mass is 9.94. The van der Waals surface area contributed by atoms with Gasteiger partial charge in [0, 0.05) is 6.61 Å². The number of hydrogen-bond acceptors (Lipinski definition) is 2. The minimum atomic E-state index is -0.949. The van der Waals surface area contributed by atoms with Gasteiger partial charge >= 0.3 is 5.97 Å². The second kappa shape index (κ2) is 5.46. The van der Waals surface area contributed by atoms with Crippen LogP contribution in [0.25, 0.3) is 0 Å². The topological polar surface area (TPSA) is 57.5 Å². The van der Waals surface area contributed by atoms with Crippen molar-refractivity contribution < 1.29 is 19.4 Å². The highest BCUT2D eigenvalue weighted by Gasteiger charge is 2.18. The number of carbonyl (C=O) groups is 1. The lowest BCUT2D eigenvalue weighted by molar-refractivity contribution is -0.139. The zero-order valence-electron chi connectivity index (χ0n) is 8.19. The first-order chi connectivity index (χ1) is 7.15. The third-order valence-corrected chi connectivity index (χ3v) is 2.22. The molecule has 1 atom stereocenters. The van der Waals surface area contributed by atoms with Crippen LogP contribution in [0.1, 0.15) is 24.3 Å². The lowest BCUT2D eigenvalue weighted by Crippen LogP contribution is -2.12. The van der Waals surface area contributed by atoms with Gasteiger partial charge in [-0.1, -0.05) is 12.1 Å². The van der Waals surface area contributed by atoms with E-state index in [2.05, 4.69) is 0 Å². The molecule has 0 bridgehead atoms. The molecule has 0 radical (unpaired) electrons. The average molecular weight is 212 g/mol. The van der Waals surface area contributed by atoms with Crippen LogP contribution < -0.4 is 0 Å². The smallest absolute Gasteiger partial charge is 0.310 e. The number of rotatable bonds is 5. The van der Waals surface area contributed by atoms with E-state index in [0.717, 1.165) is 0 Å². The molecule has 2 N–H and O–H groups in total. The number of carboxylic acid groups (broad SMARTS) is 1. The summed E-state index contributed by atoms with van der Waals surface area (Å²) in [6.45, 7) is -0.0367. The molecule has 1 unspecified atom stereocenters. The maximum atomic E-state index is 12.6. The van der Waals surface area contributed by atoms with E-state index in [4.69, 9.17) is 10.2 Å². The minimum absolute atomic E-state index is 0.0367. The van der Waals surface area contributed by atoms with Gasteiger partial charge in [-0.3, -0.25) is 4.79 Å². The van der Waals surface area contributed by atoms with E-state index in [1.807, 2.05) is 0 Å². The molecule has 0 saturated heterocycles. The summed E-state index contributed by atoms with van der Waals surface area (Å²) in [7, 11) is 0. The second-order valence-corrected chi connectivity index (χ2v) is 3.31. The Balaban J connectivity index is 2.79. The van der Waals surface area contributed by atoms with Gasteiger partial charge < -0.3 is 10.2 Å². The lowest BCUT2D eigenvalue weighted by Gasteiger charge is -2.11. The Kier molecular flexibility index (Phi) is 4.24. The molecule has 0 amide bonds. The van der Waals surface area contributed by atoms with Crippen molar-refractivity contribution in [2.75, 3.05) is 6.61 Å². The summed E-state index contributed by atoms with van der Waals surface area (Å²) in [6, 6.07) is 5.41. The highest BCUT2D eigenvalue weighted by atomic mass is 19.1. The number of aliphatic hydroxyl groups is 1. The van der Waals surface area contributed by atoms with E-state index < -0.39 is 11.9 Å². The Hall–Kier alpha value is -1.42. The van der Waals surface area contributed by atoms with Crippen LogP contribution >= 0.6 is 0 Å². The first kappa shape index (κ1) is 11.7. The molecular formula is C11H13FO3. The Labute approximate surface area is 87.2 Å². The van der Waals surface area contributed by atoms with Gasteiger partial charge in [0.05, 0.1) is 5.92 Å². The van der Waals surface area contributed by atoms with E-state index in [9.17, 15) is 9.18 Å². The monoisotopic (exact) mass is 212 g/mol. The summed E-state index contributed by atoms with van der Waals surface area (Å²) in [4.78, 5) is 10.9. The molecule has 0 fully saturated rings. The van der Waals surface area contributed by atoms with Crippen molar-refractivity contribution in [1.29, 1.82) is 0 Å². The highest BCUT2D eigenvalue weighted by molar-refractivity contribution is 5.75. The van der Waals surface area contributed by atoms with Crippen molar-refractivity contribution in [3.05, 3.63) is 35.6 Å². The van der Waals surface area contributed by atoms with Crippen LogP contribution in [0.3, 0.4) is 0 Å². The van der Waals surface area contributed by atoms with Gasteiger partial charge in [-0.15, -0.1) is 0 Å². The van der Waals surface area contributed by atoms with Gasteiger partial charge in [0.2, 0.25) is 0 Å². The van der Waals surface area contributed by atoms with Crippen molar-refractivity contribution in [2.45, 2.75) is 18.8 Å². The average Bonchev–Trinajstić information content (AvgIpc) is 2.21. The maximum absolute atomic E-state index is 12.6. The van der Waals surface area contributed by atoms with Crippen molar-refractivity contribution in [1.82, 2.24) is 0 Å². The molecule has 0 aliphatic carbocycles. The first-order valence-corrected chi connectivity index (χ1v) is 4.74. The van der Waals surface area contributed by atoms with Crippen LogP contribution in [0, 0.1) is 5.82 Å². The second-order valence-electron chi connectivity index (χ2n) is 3.31. The molecular weight excluding hydrogens is 199 g/mol. The summed E-state index contributed by atoms with van der Waals surface area (Å²) in [6.07, 6.45) is 0.784. The van der Waals surface area contributed by atoms with Gasteiger partial charge in [0.15, 0.2) is 0 Å². The minimum Gasteiger partial charge on any atom is -0.481 e. The molecule has 1 rings (SSSR count). The summed E-state index contributed by atoms with van der Waals surface area (Å²) >= 11 is 0. The highest BCUT2D eigenvalue weighted by Crippen LogP contribution is 2.21. The number of hydrogen-bond donors (Lipinski definition) is 2. The molecule has 4 heteroatoms. The Morgan fingerprint density at radius 1 is 1.33 bits per heavy atom. The Morgan fingerprint density at radius 3 is 2.40 bits per heavy atom. The Morgan fingerprint density at radius 2 is 1.93 bits per heavy atom. The SMILES string of the molecule is O=C(O)C(CCCO)c1ccc(F)cc1. The summed E-state index contributed by atoms with van der Waals surface area (Å²) in [5.74, 6) is -2.00. The molecule has 0 aliphatic heterocycles. The number of halogens is 1. The third kappa shape index (κ3) is 3.32. The first-order valence-electron chi connectivity index (χ1n) is 4.74. The van der Waals surface area contributed by atoms with Crippen molar-refractivity contribution in [2.24, 2.45) is 0 Å². The number of benzene rings is 1. The van der Waals surface area contributed by atoms with Crippen LogP contribution in [0.5, 0.6) is 0 Å². The molecule has 0 heterocycles. The fourth-order valence-corrected chi connectivity index (χ4v) is 1.42. The van der Waals surface area contributed by atoms with Gasteiger partial charge in [0.25, 0.3) is 0 Å². The molecule has 1 aromatic rings. The molecule has 82 valence electrons. The van der Waals surface area contributed by atoms with Crippen molar-refractivity contribution in [3.8, 4) is 0 Å². The normalized spacial score (nSPS) is 12.4. The van der Waals surface area contributed by atoms with Gasteiger partial charge in [0.1, 0.15) is 5.82 Å². The molecule has 0 aliphatic rings. The van der Waals surface area contributed by atoms with Gasteiger partial charge in [-0.05, 0) is 30.5 Å². The molecule has 0 saturated carbocycles. The van der Waals surface area contributed by atoms with Gasteiger partial charge in [-0.25, -0.2) is 4.39 Å². The Bertz CT molecular complexity index is 321. The quantitative estimate of drug-likeness (QED) is 0.782. The fraction of sp³-hybridized carbons (Fsp3) is 0.364. The number of carboxylic acids is 1. The molecule has 3 nitrogen and oxygen atoms in total. The molecule has 0 aromatic heterocycles. The van der Waals surface area contributed by atoms with E-state index in [1.165, 1.54) is 24.3 Å². The molecule has 15 heavy (non-hydrogen) atoms. The van der Waals surface area contributed by atoms with Crippen LogP contribution in [0.2, 0.25) is 0 Å². The van der Waals surface area contributed by atoms with Crippen LogP contribution in [0.4, 0.5) is 4.39 Å². The van der Waals surface area contributed by atoms with Crippen LogP contribution in [-0.2, 0) is 4.79 Å². The predicted molar refractivity (Wildman–Crippen MR) is 53.1 cm³/mol.